The summed E-state index contributed by atoms with van der Waals surface area (Å²) in [5, 5.41) is 3.35. The van der Waals surface area contributed by atoms with Gasteiger partial charge in [0.15, 0.2) is 0 Å². The second-order valence-electron chi connectivity index (χ2n) is 5.78. The monoisotopic (exact) mass is 275 g/mol. The maximum atomic E-state index is 11.8. The smallest absolute Gasteiger partial charge is 0.310 e. The van der Waals surface area contributed by atoms with E-state index < -0.39 is 0 Å². The van der Waals surface area contributed by atoms with Gasteiger partial charge in [0.1, 0.15) is 6.61 Å². The van der Waals surface area contributed by atoms with Gasteiger partial charge >= 0.3 is 5.97 Å². The normalized spacial score (nSPS) is 15.8. The summed E-state index contributed by atoms with van der Waals surface area (Å²) in [7, 11) is 0. The molecule has 0 spiro atoms. The average molecular weight is 275 g/mol. The molecule has 1 aromatic carbocycles. The van der Waals surface area contributed by atoms with Gasteiger partial charge in [0.25, 0.3) is 0 Å². The lowest BCUT2D eigenvalue weighted by molar-refractivity contribution is -0.149. The molecule has 1 aliphatic carbocycles. The highest BCUT2D eigenvalue weighted by atomic mass is 16.5. The van der Waals surface area contributed by atoms with Crippen molar-refractivity contribution in [3.8, 4) is 0 Å². The topological polar surface area (TPSA) is 38.3 Å². The van der Waals surface area contributed by atoms with E-state index in [0.29, 0.717) is 13.2 Å². The first-order valence-electron chi connectivity index (χ1n) is 7.67. The van der Waals surface area contributed by atoms with Crippen molar-refractivity contribution in [1.82, 2.24) is 5.32 Å². The molecular formula is C17H25NO2. The second kappa shape index (κ2) is 8.05. The highest BCUT2D eigenvalue weighted by Gasteiger charge is 2.20. The Balaban J connectivity index is 1.54. The number of hydrogen-bond donors (Lipinski definition) is 1. The first-order valence-corrected chi connectivity index (χ1v) is 7.67. The van der Waals surface area contributed by atoms with Gasteiger partial charge < -0.3 is 10.1 Å². The summed E-state index contributed by atoms with van der Waals surface area (Å²) in [6.07, 6.45) is 5.39. The fourth-order valence-electron chi connectivity index (χ4n) is 2.20. The second-order valence-corrected chi connectivity index (χ2v) is 5.78. The van der Waals surface area contributed by atoms with Crippen molar-refractivity contribution in [2.75, 3.05) is 13.1 Å². The summed E-state index contributed by atoms with van der Waals surface area (Å²) < 4.78 is 5.32. The van der Waals surface area contributed by atoms with Gasteiger partial charge in [-0.1, -0.05) is 50.1 Å². The van der Waals surface area contributed by atoms with E-state index in [4.69, 9.17) is 4.74 Å². The summed E-state index contributed by atoms with van der Waals surface area (Å²) in [6, 6.07) is 9.80. The summed E-state index contributed by atoms with van der Waals surface area (Å²) in [5.74, 6) is 0.785. The van der Waals surface area contributed by atoms with Crippen molar-refractivity contribution in [3.05, 3.63) is 35.9 Å². The minimum absolute atomic E-state index is 0.0837. The molecule has 0 heterocycles. The molecule has 0 amide bonds. The quantitative estimate of drug-likeness (QED) is 0.556. The molecule has 1 atom stereocenters. The lowest BCUT2D eigenvalue weighted by atomic mass is 10.1. The standard InChI is InChI=1S/C17H25NO2/c1-14(12-18-11-5-8-15-9-10-15)17(19)20-13-16-6-3-2-4-7-16/h2-4,6-7,14-15,18H,5,8-13H2,1H3. The van der Waals surface area contributed by atoms with Gasteiger partial charge in [0.2, 0.25) is 0 Å². The molecular weight excluding hydrogens is 250 g/mol. The van der Waals surface area contributed by atoms with Crippen LogP contribution in [0.25, 0.3) is 0 Å². The molecule has 0 saturated heterocycles. The molecule has 20 heavy (non-hydrogen) atoms. The summed E-state index contributed by atoms with van der Waals surface area (Å²) >= 11 is 0. The van der Waals surface area contributed by atoms with Crippen molar-refractivity contribution in [1.29, 1.82) is 0 Å². The molecule has 1 N–H and O–H groups in total. The number of carbonyl (C=O) groups is 1. The number of benzene rings is 1. The van der Waals surface area contributed by atoms with E-state index in [1.807, 2.05) is 37.3 Å². The van der Waals surface area contributed by atoms with Crippen molar-refractivity contribution in [3.63, 3.8) is 0 Å². The van der Waals surface area contributed by atoms with Crippen LogP contribution < -0.4 is 5.32 Å². The highest BCUT2D eigenvalue weighted by molar-refractivity contribution is 5.72. The molecule has 0 bridgehead atoms. The minimum Gasteiger partial charge on any atom is -0.461 e. The molecule has 0 radical (unpaired) electrons. The summed E-state index contributed by atoms with van der Waals surface area (Å²) in [6.45, 7) is 4.00. The Morgan fingerprint density at radius 1 is 1.35 bits per heavy atom. The Labute approximate surface area is 121 Å². The molecule has 1 saturated carbocycles. The van der Waals surface area contributed by atoms with E-state index >= 15 is 0 Å². The summed E-state index contributed by atoms with van der Waals surface area (Å²) in [5.41, 5.74) is 1.03. The minimum atomic E-state index is -0.122. The third-order valence-electron chi connectivity index (χ3n) is 3.74. The SMILES string of the molecule is CC(CNCCCC1CC1)C(=O)OCc1ccccc1. The van der Waals surface area contributed by atoms with Gasteiger partial charge in [-0.15, -0.1) is 0 Å². The zero-order chi connectivity index (χ0) is 14.2. The van der Waals surface area contributed by atoms with Gasteiger partial charge in [-0.05, 0) is 30.9 Å². The Morgan fingerprint density at radius 3 is 2.80 bits per heavy atom. The lowest BCUT2D eigenvalue weighted by Crippen LogP contribution is -2.28. The molecule has 2 rings (SSSR count). The van der Waals surface area contributed by atoms with Crippen LogP contribution in [0.4, 0.5) is 0 Å². The van der Waals surface area contributed by atoms with Crippen LogP contribution in [-0.4, -0.2) is 19.1 Å². The molecule has 3 heteroatoms. The fourth-order valence-corrected chi connectivity index (χ4v) is 2.20. The van der Waals surface area contributed by atoms with Gasteiger partial charge in [-0.2, -0.15) is 0 Å². The van der Waals surface area contributed by atoms with Crippen molar-refractivity contribution >= 4 is 5.97 Å². The van der Waals surface area contributed by atoms with Crippen LogP contribution in [0.2, 0.25) is 0 Å². The van der Waals surface area contributed by atoms with Crippen LogP contribution >= 0.6 is 0 Å². The number of ether oxygens (including phenoxy) is 1. The first kappa shape index (κ1) is 15.0. The van der Waals surface area contributed by atoms with Crippen LogP contribution in [-0.2, 0) is 16.1 Å². The largest absolute Gasteiger partial charge is 0.461 e. The number of rotatable bonds is 9. The molecule has 1 aromatic rings. The predicted molar refractivity (Wildman–Crippen MR) is 80.2 cm³/mol. The van der Waals surface area contributed by atoms with E-state index in [9.17, 15) is 4.79 Å². The zero-order valence-electron chi connectivity index (χ0n) is 12.3. The molecule has 0 aliphatic heterocycles. The first-order chi connectivity index (χ1) is 9.75. The Morgan fingerprint density at radius 2 is 2.10 bits per heavy atom. The van der Waals surface area contributed by atoms with Crippen molar-refractivity contribution in [2.45, 2.75) is 39.2 Å². The third-order valence-corrected chi connectivity index (χ3v) is 3.74. The van der Waals surface area contributed by atoms with Crippen LogP contribution in [0.15, 0.2) is 30.3 Å². The van der Waals surface area contributed by atoms with Crippen molar-refractivity contribution in [2.24, 2.45) is 11.8 Å². The number of carbonyl (C=O) groups excluding carboxylic acids is 1. The van der Waals surface area contributed by atoms with Gasteiger partial charge in [-0.25, -0.2) is 0 Å². The molecule has 3 nitrogen and oxygen atoms in total. The third kappa shape index (κ3) is 5.74. The lowest BCUT2D eigenvalue weighted by Gasteiger charge is -2.12. The number of nitrogens with one attached hydrogen (secondary N) is 1. The van der Waals surface area contributed by atoms with E-state index in [2.05, 4.69) is 5.32 Å². The van der Waals surface area contributed by atoms with Crippen LogP contribution in [0.5, 0.6) is 0 Å². The van der Waals surface area contributed by atoms with Crippen molar-refractivity contribution < 1.29 is 9.53 Å². The van der Waals surface area contributed by atoms with E-state index in [-0.39, 0.29) is 11.9 Å². The Kier molecular flexibility index (Phi) is 6.06. The molecule has 110 valence electrons. The van der Waals surface area contributed by atoms with Crippen LogP contribution in [0.3, 0.4) is 0 Å². The average Bonchev–Trinajstić information content (AvgIpc) is 3.29. The van der Waals surface area contributed by atoms with E-state index in [1.54, 1.807) is 0 Å². The van der Waals surface area contributed by atoms with Crippen LogP contribution in [0.1, 0.15) is 38.2 Å². The van der Waals surface area contributed by atoms with Gasteiger partial charge in [0, 0.05) is 6.54 Å². The maximum absolute atomic E-state index is 11.8. The molecule has 1 unspecified atom stereocenters. The number of esters is 1. The van der Waals surface area contributed by atoms with E-state index in [0.717, 1.165) is 18.0 Å². The highest BCUT2D eigenvalue weighted by Crippen LogP contribution is 2.33. The number of hydrogen-bond acceptors (Lipinski definition) is 3. The molecule has 1 fully saturated rings. The summed E-state index contributed by atoms with van der Waals surface area (Å²) in [4.78, 5) is 11.8. The predicted octanol–water partition coefficient (Wildman–Crippen LogP) is 3.15. The Bertz CT molecular complexity index is 401. The Hall–Kier alpha value is -1.35. The van der Waals surface area contributed by atoms with Gasteiger partial charge in [-0.3, -0.25) is 4.79 Å². The van der Waals surface area contributed by atoms with Crippen LogP contribution in [0, 0.1) is 11.8 Å². The molecule has 1 aliphatic rings. The zero-order valence-corrected chi connectivity index (χ0v) is 12.3. The fraction of sp³-hybridized carbons (Fsp3) is 0.588. The van der Waals surface area contributed by atoms with E-state index in [1.165, 1.54) is 25.7 Å². The van der Waals surface area contributed by atoms with Gasteiger partial charge in [0.05, 0.1) is 5.92 Å². The maximum Gasteiger partial charge on any atom is 0.310 e. The molecule has 0 aromatic heterocycles.